The van der Waals surface area contributed by atoms with Gasteiger partial charge in [0.05, 0.1) is 23.0 Å². The zero-order valence-corrected chi connectivity index (χ0v) is 9.29. The molecule has 0 saturated carbocycles. The van der Waals surface area contributed by atoms with Crippen molar-refractivity contribution in [2.75, 3.05) is 5.32 Å². The van der Waals surface area contributed by atoms with E-state index in [1.54, 1.807) is 24.4 Å². The van der Waals surface area contributed by atoms with Gasteiger partial charge in [0, 0.05) is 11.9 Å². The first-order chi connectivity index (χ1) is 8.70. The number of hydrogen-bond donors (Lipinski definition) is 2. The molecule has 0 bridgehead atoms. The van der Waals surface area contributed by atoms with Gasteiger partial charge in [-0.05, 0) is 30.3 Å². The first-order valence-corrected chi connectivity index (χ1v) is 5.15. The number of benzene rings is 1. The molecule has 0 unspecified atom stereocenters. The van der Waals surface area contributed by atoms with Gasteiger partial charge in [0.1, 0.15) is 6.07 Å². The number of aromatic nitrogens is 1. The summed E-state index contributed by atoms with van der Waals surface area (Å²) in [5.41, 5.74) is 1.98. The Labute approximate surface area is 103 Å². The van der Waals surface area contributed by atoms with Crippen LogP contribution in [0.2, 0.25) is 0 Å². The average molecular weight is 239 g/mol. The molecule has 0 amide bonds. The van der Waals surface area contributed by atoms with Crippen LogP contribution in [-0.4, -0.2) is 16.1 Å². The number of pyridine rings is 1. The van der Waals surface area contributed by atoms with Gasteiger partial charge in [-0.25, -0.2) is 4.79 Å². The number of nitrogens with one attached hydrogen (secondary N) is 1. The number of hydrogen-bond acceptors (Lipinski definition) is 4. The molecule has 2 N–H and O–H groups in total. The number of carbonyl (C=O) groups is 1. The Bertz CT molecular complexity index is 615. The van der Waals surface area contributed by atoms with Crippen LogP contribution in [0.5, 0.6) is 0 Å². The van der Waals surface area contributed by atoms with Gasteiger partial charge in [-0.2, -0.15) is 5.26 Å². The molecule has 0 aliphatic heterocycles. The Morgan fingerprint density at radius 2 is 2.00 bits per heavy atom. The van der Waals surface area contributed by atoms with Crippen molar-refractivity contribution in [3.05, 3.63) is 53.9 Å². The fourth-order valence-electron chi connectivity index (χ4n) is 1.44. The van der Waals surface area contributed by atoms with Gasteiger partial charge in [0.2, 0.25) is 0 Å². The lowest BCUT2D eigenvalue weighted by molar-refractivity contribution is 0.0697. The predicted molar refractivity (Wildman–Crippen MR) is 65.6 cm³/mol. The fraction of sp³-hybridized carbons (Fsp3) is 0. The number of rotatable bonds is 3. The van der Waals surface area contributed by atoms with Crippen LogP contribution in [0, 0.1) is 11.3 Å². The summed E-state index contributed by atoms with van der Waals surface area (Å²) < 4.78 is 0. The number of carboxylic acids is 1. The third-order valence-electron chi connectivity index (χ3n) is 2.35. The summed E-state index contributed by atoms with van der Waals surface area (Å²) in [6.07, 6.45) is 3.08. The van der Waals surface area contributed by atoms with Gasteiger partial charge in [-0.3, -0.25) is 4.98 Å². The lowest BCUT2D eigenvalue weighted by Crippen LogP contribution is -1.97. The van der Waals surface area contributed by atoms with Gasteiger partial charge in [-0.1, -0.05) is 0 Å². The Morgan fingerprint density at radius 1 is 1.28 bits per heavy atom. The second kappa shape index (κ2) is 4.97. The van der Waals surface area contributed by atoms with E-state index in [4.69, 9.17) is 10.4 Å². The van der Waals surface area contributed by atoms with E-state index in [9.17, 15) is 4.79 Å². The maximum Gasteiger partial charge on any atom is 0.335 e. The van der Waals surface area contributed by atoms with Crippen molar-refractivity contribution in [3.8, 4) is 6.07 Å². The third-order valence-corrected chi connectivity index (χ3v) is 2.35. The Morgan fingerprint density at radius 3 is 2.61 bits per heavy atom. The molecule has 0 fully saturated rings. The van der Waals surface area contributed by atoms with Gasteiger partial charge < -0.3 is 10.4 Å². The first-order valence-electron chi connectivity index (χ1n) is 5.15. The highest BCUT2D eigenvalue weighted by molar-refractivity contribution is 5.88. The minimum atomic E-state index is -0.972. The molecule has 5 nitrogen and oxygen atoms in total. The molecule has 88 valence electrons. The van der Waals surface area contributed by atoms with Crippen LogP contribution >= 0.6 is 0 Å². The fourth-order valence-corrected chi connectivity index (χ4v) is 1.44. The topological polar surface area (TPSA) is 86.0 Å². The number of nitrogens with zero attached hydrogens (tertiary/aromatic N) is 2. The van der Waals surface area contributed by atoms with Crippen molar-refractivity contribution in [3.63, 3.8) is 0 Å². The molecule has 0 saturated heterocycles. The molecule has 18 heavy (non-hydrogen) atoms. The van der Waals surface area contributed by atoms with Crippen molar-refractivity contribution in [1.82, 2.24) is 4.98 Å². The number of carboxylic acid groups (broad SMARTS) is 1. The molecule has 1 aromatic carbocycles. The summed E-state index contributed by atoms with van der Waals surface area (Å²) in [5.74, 6) is -0.972. The van der Waals surface area contributed by atoms with Crippen molar-refractivity contribution in [2.45, 2.75) is 0 Å². The van der Waals surface area contributed by atoms with Crippen LogP contribution in [0.1, 0.15) is 15.9 Å². The van der Waals surface area contributed by atoms with E-state index in [-0.39, 0.29) is 5.56 Å². The third kappa shape index (κ3) is 2.44. The van der Waals surface area contributed by atoms with Crippen LogP contribution < -0.4 is 5.32 Å². The van der Waals surface area contributed by atoms with Gasteiger partial charge in [-0.15, -0.1) is 0 Å². The minimum absolute atomic E-state index is 0.215. The summed E-state index contributed by atoms with van der Waals surface area (Å²) in [5, 5.41) is 20.7. The van der Waals surface area contributed by atoms with Gasteiger partial charge in [0.15, 0.2) is 0 Å². The largest absolute Gasteiger partial charge is 0.478 e. The zero-order valence-electron chi connectivity index (χ0n) is 9.29. The van der Waals surface area contributed by atoms with Crippen molar-refractivity contribution < 1.29 is 9.90 Å². The molecule has 0 aliphatic carbocycles. The maximum absolute atomic E-state index is 10.7. The zero-order chi connectivity index (χ0) is 13.0. The Balaban J connectivity index is 2.24. The van der Waals surface area contributed by atoms with E-state index in [0.717, 1.165) is 0 Å². The predicted octanol–water partition coefficient (Wildman–Crippen LogP) is 2.40. The van der Waals surface area contributed by atoms with Crippen LogP contribution in [-0.2, 0) is 0 Å². The van der Waals surface area contributed by atoms with Crippen LogP contribution in [0.3, 0.4) is 0 Å². The highest BCUT2D eigenvalue weighted by atomic mass is 16.4. The second-order valence-electron chi connectivity index (χ2n) is 3.54. The quantitative estimate of drug-likeness (QED) is 0.858. The van der Waals surface area contributed by atoms with E-state index in [0.29, 0.717) is 16.9 Å². The van der Waals surface area contributed by atoms with E-state index in [1.807, 2.05) is 6.07 Å². The Kier molecular flexibility index (Phi) is 3.21. The summed E-state index contributed by atoms with van der Waals surface area (Å²) >= 11 is 0. The van der Waals surface area contributed by atoms with Crippen molar-refractivity contribution in [1.29, 1.82) is 5.26 Å². The van der Waals surface area contributed by atoms with Crippen LogP contribution in [0.25, 0.3) is 0 Å². The van der Waals surface area contributed by atoms with E-state index in [1.165, 1.54) is 18.3 Å². The highest BCUT2D eigenvalue weighted by Gasteiger charge is 2.04. The molecule has 2 rings (SSSR count). The van der Waals surface area contributed by atoms with Crippen LogP contribution in [0.15, 0.2) is 42.7 Å². The summed E-state index contributed by atoms with van der Waals surface area (Å²) in [6.45, 7) is 0. The molecule has 0 radical (unpaired) electrons. The minimum Gasteiger partial charge on any atom is -0.478 e. The molecule has 0 aliphatic rings. The number of anilines is 2. The lowest BCUT2D eigenvalue weighted by Gasteiger charge is -2.07. The van der Waals surface area contributed by atoms with Gasteiger partial charge in [0.25, 0.3) is 0 Å². The molecule has 0 atom stereocenters. The highest BCUT2D eigenvalue weighted by Crippen LogP contribution is 2.19. The average Bonchev–Trinajstić information content (AvgIpc) is 2.40. The first kappa shape index (κ1) is 11.6. The van der Waals surface area contributed by atoms with Crippen molar-refractivity contribution >= 4 is 17.3 Å². The molecule has 1 heterocycles. The Hall–Kier alpha value is -2.87. The molecule has 1 aromatic heterocycles. The molecule has 2 aromatic rings. The van der Waals surface area contributed by atoms with Crippen molar-refractivity contribution in [2.24, 2.45) is 0 Å². The SMILES string of the molecule is N#Cc1ccncc1Nc1ccc(C(=O)O)cc1. The van der Waals surface area contributed by atoms with E-state index < -0.39 is 5.97 Å². The van der Waals surface area contributed by atoms with E-state index in [2.05, 4.69) is 10.3 Å². The van der Waals surface area contributed by atoms with Crippen LogP contribution in [0.4, 0.5) is 11.4 Å². The smallest absolute Gasteiger partial charge is 0.335 e. The van der Waals surface area contributed by atoms with Gasteiger partial charge >= 0.3 is 5.97 Å². The summed E-state index contributed by atoms with van der Waals surface area (Å²) in [4.78, 5) is 14.6. The summed E-state index contributed by atoms with van der Waals surface area (Å²) in [7, 11) is 0. The summed E-state index contributed by atoms with van der Waals surface area (Å²) in [6, 6.07) is 9.91. The second-order valence-corrected chi connectivity index (χ2v) is 3.54. The molecular weight excluding hydrogens is 230 g/mol. The monoisotopic (exact) mass is 239 g/mol. The normalized spacial score (nSPS) is 9.50. The maximum atomic E-state index is 10.7. The number of aromatic carboxylic acids is 1. The molecule has 0 spiro atoms. The number of nitriles is 1. The van der Waals surface area contributed by atoms with E-state index >= 15 is 0 Å². The standard InChI is InChI=1S/C13H9N3O2/c14-7-10-5-6-15-8-12(10)16-11-3-1-9(2-4-11)13(17)18/h1-6,8,16H,(H,17,18). The molecule has 5 heteroatoms. The molecular formula is C13H9N3O2. The lowest BCUT2D eigenvalue weighted by atomic mass is 10.2.